The first-order valence-electron chi connectivity index (χ1n) is 7.97. The SMILES string of the molecule is CC(C)NC(=O)c1ccc(NC(=O)C2(CN)CCOCC2)cc1. The average Bonchev–Trinajstić information content (AvgIpc) is 2.55. The standard InChI is InChI=1S/C17H25N3O3/c1-12(2)19-15(21)13-3-5-14(6-4-13)20-16(22)17(11-18)7-9-23-10-8-17/h3-6,12H,7-11,18H2,1-2H3,(H,19,21)(H,20,22). The predicted octanol–water partition coefficient (Wildman–Crippen LogP) is 1.52. The van der Waals surface area contributed by atoms with Crippen LogP contribution in [0.15, 0.2) is 24.3 Å². The van der Waals surface area contributed by atoms with Gasteiger partial charge in [-0.1, -0.05) is 0 Å². The Morgan fingerprint density at radius 1 is 1.22 bits per heavy atom. The molecule has 1 aromatic carbocycles. The predicted molar refractivity (Wildman–Crippen MR) is 89.2 cm³/mol. The number of amides is 2. The van der Waals surface area contributed by atoms with Gasteiger partial charge >= 0.3 is 0 Å². The molecule has 0 aromatic heterocycles. The van der Waals surface area contributed by atoms with Crippen molar-refractivity contribution < 1.29 is 14.3 Å². The first-order chi connectivity index (χ1) is 11.0. The van der Waals surface area contributed by atoms with Gasteiger partial charge in [0.1, 0.15) is 0 Å². The minimum absolute atomic E-state index is 0.0809. The highest BCUT2D eigenvalue weighted by molar-refractivity contribution is 5.97. The first-order valence-corrected chi connectivity index (χ1v) is 7.97. The van der Waals surface area contributed by atoms with Gasteiger partial charge in [-0.3, -0.25) is 9.59 Å². The Kier molecular flexibility index (Phi) is 5.74. The Bertz CT molecular complexity index is 549. The number of carbonyl (C=O) groups excluding carboxylic acids is 2. The second kappa shape index (κ2) is 7.57. The number of ether oxygens (including phenoxy) is 1. The van der Waals surface area contributed by atoms with E-state index in [2.05, 4.69) is 10.6 Å². The van der Waals surface area contributed by atoms with E-state index in [-0.39, 0.29) is 17.9 Å². The Morgan fingerprint density at radius 3 is 2.35 bits per heavy atom. The molecule has 0 aliphatic carbocycles. The van der Waals surface area contributed by atoms with Crippen LogP contribution in [0.4, 0.5) is 5.69 Å². The molecule has 23 heavy (non-hydrogen) atoms. The number of rotatable bonds is 5. The molecule has 1 aromatic rings. The zero-order chi connectivity index (χ0) is 16.9. The fraction of sp³-hybridized carbons (Fsp3) is 0.529. The molecule has 2 rings (SSSR count). The molecule has 6 nitrogen and oxygen atoms in total. The Morgan fingerprint density at radius 2 is 1.83 bits per heavy atom. The van der Waals surface area contributed by atoms with Crippen molar-refractivity contribution in [2.75, 3.05) is 25.1 Å². The molecule has 4 N–H and O–H groups in total. The third-order valence-corrected chi connectivity index (χ3v) is 4.15. The quantitative estimate of drug-likeness (QED) is 0.767. The first kappa shape index (κ1) is 17.4. The van der Waals surface area contributed by atoms with Crippen molar-refractivity contribution in [1.82, 2.24) is 5.32 Å². The lowest BCUT2D eigenvalue weighted by atomic mass is 9.79. The molecule has 0 atom stereocenters. The van der Waals surface area contributed by atoms with Crippen LogP contribution in [0.2, 0.25) is 0 Å². The van der Waals surface area contributed by atoms with Crippen molar-refractivity contribution in [2.45, 2.75) is 32.7 Å². The van der Waals surface area contributed by atoms with Gasteiger partial charge in [0.2, 0.25) is 5.91 Å². The van der Waals surface area contributed by atoms with Crippen LogP contribution in [-0.4, -0.2) is 37.6 Å². The summed E-state index contributed by atoms with van der Waals surface area (Å²) in [5, 5.41) is 5.73. The van der Waals surface area contributed by atoms with Gasteiger partial charge in [0.15, 0.2) is 0 Å². The van der Waals surface area contributed by atoms with Crippen molar-refractivity contribution in [3.05, 3.63) is 29.8 Å². The van der Waals surface area contributed by atoms with E-state index in [0.717, 1.165) is 0 Å². The summed E-state index contributed by atoms with van der Waals surface area (Å²) < 4.78 is 5.32. The largest absolute Gasteiger partial charge is 0.381 e. The highest BCUT2D eigenvalue weighted by Gasteiger charge is 2.38. The van der Waals surface area contributed by atoms with Crippen LogP contribution < -0.4 is 16.4 Å². The van der Waals surface area contributed by atoms with Gasteiger partial charge in [0.25, 0.3) is 5.91 Å². The van der Waals surface area contributed by atoms with Crippen LogP contribution in [0.25, 0.3) is 0 Å². The zero-order valence-corrected chi connectivity index (χ0v) is 13.7. The van der Waals surface area contributed by atoms with Crippen LogP contribution in [0.3, 0.4) is 0 Å². The topological polar surface area (TPSA) is 93.5 Å². The minimum atomic E-state index is -0.564. The van der Waals surface area contributed by atoms with Gasteiger partial charge in [-0.25, -0.2) is 0 Å². The Labute approximate surface area is 136 Å². The van der Waals surface area contributed by atoms with Crippen molar-refractivity contribution in [3.63, 3.8) is 0 Å². The fourth-order valence-electron chi connectivity index (χ4n) is 2.60. The van der Waals surface area contributed by atoms with Gasteiger partial charge in [0.05, 0.1) is 5.41 Å². The molecule has 0 spiro atoms. The normalized spacial score (nSPS) is 16.9. The number of nitrogens with one attached hydrogen (secondary N) is 2. The molecule has 1 saturated heterocycles. The summed E-state index contributed by atoms with van der Waals surface area (Å²) >= 11 is 0. The second-order valence-electron chi connectivity index (χ2n) is 6.26. The van der Waals surface area contributed by atoms with Gasteiger partial charge in [-0.15, -0.1) is 0 Å². The Balaban J connectivity index is 2.02. The van der Waals surface area contributed by atoms with Gasteiger partial charge in [0, 0.05) is 37.1 Å². The molecule has 1 aliphatic heterocycles. The van der Waals surface area contributed by atoms with E-state index in [1.54, 1.807) is 24.3 Å². The summed E-state index contributed by atoms with van der Waals surface area (Å²) in [5.74, 6) is -0.205. The number of hydrogen-bond acceptors (Lipinski definition) is 4. The van der Waals surface area contributed by atoms with Crippen molar-refractivity contribution >= 4 is 17.5 Å². The molecule has 6 heteroatoms. The third kappa shape index (κ3) is 4.30. The van der Waals surface area contributed by atoms with Gasteiger partial charge < -0.3 is 21.1 Å². The number of benzene rings is 1. The van der Waals surface area contributed by atoms with Crippen molar-refractivity contribution in [1.29, 1.82) is 0 Å². The lowest BCUT2D eigenvalue weighted by Gasteiger charge is -2.34. The molecule has 1 fully saturated rings. The molecule has 0 saturated carbocycles. The van der Waals surface area contributed by atoms with Crippen molar-refractivity contribution in [2.24, 2.45) is 11.1 Å². The monoisotopic (exact) mass is 319 g/mol. The second-order valence-corrected chi connectivity index (χ2v) is 6.26. The highest BCUT2D eigenvalue weighted by Crippen LogP contribution is 2.30. The maximum absolute atomic E-state index is 12.6. The lowest BCUT2D eigenvalue weighted by molar-refractivity contribution is -0.130. The molecule has 0 radical (unpaired) electrons. The summed E-state index contributed by atoms with van der Waals surface area (Å²) in [7, 11) is 0. The van der Waals surface area contributed by atoms with E-state index in [0.29, 0.717) is 43.9 Å². The maximum atomic E-state index is 12.6. The number of hydrogen-bond donors (Lipinski definition) is 3. The van der Waals surface area contributed by atoms with Crippen LogP contribution in [-0.2, 0) is 9.53 Å². The van der Waals surface area contributed by atoms with Crippen molar-refractivity contribution in [3.8, 4) is 0 Å². The molecular formula is C17H25N3O3. The molecule has 1 heterocycles. The van der Waals surface area contributed by atoms with Crippen LogP contribution in [0.5, 0.6) is 0 Å². The van der Waals surface area contributed by atoms with E-state index in [4.69, 9.17) is 10.5 Å². The lowest BCUT2D eigenvalue weighted by Crippen LogP contribution is -2.46. The summed E-state index contributed by atoms with van der Waals surface area (Å²) in [5.41, 5.74) is 6.50. The van der Waals surface area contributed by atoms with Gasteiger partial charge in [-0.05, 0) is 51.0 Å². The van der Waals surface area contributed by atoms with Gasteiger partial charge in [-0.2, -0.15) is 0 Å². The average molecular weight is 319 g/mol. The molecule has 126 valence electrons. The summed E-state index contributed by atoms with van der Waals surface area (Å²) in [6.07, 6.45) is 1.26. The molecule has 1 aliphatic rings. The molecular weight excluding hydrogens is 294 g/mol. The van der Waals surface area contributed by atoms with E-state index in [9.17, 15) is 9.59 Å². The summed E-state index contributed by atoms with van der Waals surface area (Å²) in [4.78, 5) is 24.5. The zero-order valence-electron chi connectivity index (χ0n) is 13.7. The molecule has 0 unspecified atom stereocenters. The van der Waals surface area contributed by atoms with E-state index in [1.165, 1.54) is 0 Å². The van der Waals surface area contributed by atoms with Crippen LogP contribution in [0.1, 0.15) is 37.0 Å². The third-order valence-electron chi connectivity index (χ3n) is 4.15. The molecule has 2 amide bonds. The number of carbonyl (C=O) groups is 2. The molecule has 0 bridgehead atoms. The highest BCUT2D eigenvalue weighted by atomic mass is 16.5. The summed E-state index contributed by atoms with van der Waals surface area (Å²) in [6.45, 7) is 5.23. The minimum Gasteiger partial charge on any atom is -0.381 e. The maximum Gasteiger partial charge on any atom is 0.251 e. The summed E-state index contributed by atoms with van der Waals surface area (Å²) in [6, 6.07) is 6.95. The fourth-order valence-corrected chi connectivity index (χ4v) is 2.60. The van der Waals surface area contributed by atoms with Crippen LogP contribution >= 0.6 is 0 Å². The van der Waals surface area contributed by atoms with E-state index < -0.39 is 5.41 Å². The number of nitrogens with two attached hydrogens (primary N) is 1. The van der Waals surface area contributed by atoms with E-state index in [1.807, 2.05) is 13.8 Å². The van der Waals surface area contributed by atoms with E-state index >= 15 is 0 Å². The number of anilines is 1. The Hall–Kier alpha value is -1.92. The smallest absolute Gasteiger partial charge is 0.251 e. The van der Waals surface area contributed by atoms with Crippen LogP contribution in [0, 0.1) is 5.41 Å².